The number of benzene rings is 2. The SMILES string of the molecule is CCNC(=NCCCNC(=O)c1cccc(O)c1)NCCc1ccc(-n2cccn2)cc1. The molecule has 0 fully saturated rings. The summed E-state index contributed by atoms with van der Waals surface area (Å²) in [4.78, 5) is 16.6. The largest absolute Gasteiger partial charge is 0.508 e. The standard InChI is InChI=1S/C24H30N6O2/c1-2-25-24(27-14-4-13-26-23(32)20-6-3-7-22(31)18-20)28-16-12-19-8-10-21(11-9-19)30-17-5-15-29-30/h3,5-11,15,17-18,31H,2,4,12-14,16H2,1H3,(H,26,32)(H2,25,27,28). The molecule has 8 nitrogen and oxygen atoms in total. The zero-order chi connectivity index (χ0) is 22.6. The average molecular weight is 435 g/mol. The lowest BCUT2D eigenvalue weighted by Crippen LogP contribution is -2.38. The van der Waals surface area contributed by atoms with Crippen LogP contribution in [-0.4, -0.2) is 52.9 Å². The fraction of sp³-hybridized carbons (Fsp3) is 0.292. The molecule has 0 bridgehead atoms. The lowest BCUT2D eigenvalue weighted by Gasteiger charge is -2.12. The van der Waals surface area contributed by atoms with Gasteiger partial charge < -0.3 is 21.1 Å². The van der Waals surface area contributed by atoms with E-state index in [0.29, 0.717) is 18.7 Å². The number of rotatable bonds is 10. The highest BCUT2D eigenvalue weighted by Gasteiger charge is 2.05. The number of hydrogen-bond acceptors (Lipinski definition) is 4. The van der Waals surface area contributed by atoms with Crippen LogP contribution in [0.2, 0.25) is 0 Å². The first-order valence-corrected chi connectivity index (χ1v) is 10.8. The van der Waals surface area contributed by atoms with E-state index in [4.69, 9.17) is 0 Å². The number of hydrogen-bond donors (Lipinski definition) is 4. The normalized spacial score (nSPS) is 11.2. The Labute approximate surface area is 188 Å². The third-order valence-corrected chi connectivity index (χ3v) is 4.75. The zero-order valence-electron chi connectivity index (χ0n) is 18.3. The van der Waals surface area contributed by atoms with Crippen LogP contribution >= 0.6 is 0 Å². The summed E-state index contributed by atoms with van der Waals surface area (Å²) in [5.41, 5.74) is 2.72. The van der Waals surface area contributed by atoms with Crippen LogP contribution in [0.25, 0.3) is 5.69 Å². The molecule has 0 aliphatic heterocycles. The molecular formula is C24H30N6O2. The highest BCUT2D eigenvalue weighted by atomic mass is 16.3. The van der Waals surface area contributed by atoms with Gasteiger partial charge in [0.1, 0.15) is 5.75 Å². The van der Waals surface area contributed by atoms with Crippen LogP contribution in [0.5, 0.6) is 5.75 Å². The lowest BCUT2D eigenvalue weighted by atomic mass is 10.1. The Morgan fingerprint density at radius 2 is 1.91 bits per heavy atom. The summed E-state index contributed by atoms with van der Waals surface area (Å²) in [5.74, 6) is 0.644. The lowest BCUT2D eigenvalue weighted by molar-refractivity contribution is 0.0953. The molecule has 0 saturated heterocycles. The van der Waals surface area contributed by atoms with Crippen LogP contribution in [0.1, 0.15) is 29.3 Å². The molecule has 3 aromatic rings. The Hall–Kier alpha value is -3.81. The number of aromatic nitrogens is 2. The summed E-state index contributed by atoms with van der Waals surface area (Å²) in [5, 5.41) is 23.1. The van der Waals surface area contributed by atoms with Gasteiger partial charge in [-0.05, 0) is 61.7 Å². The molecule has 3 rings (SSSR count). The van der Waals surface area contributed by atoms with Gasteiger partial charge in [-0.25, -0.2) is 4.68 Å². The van der Waals surface area contributed by atoms with Crippen LogP contribution in [0, 0.1) is 0 Å². The number of phenolic OH excluding ortho intramolecular Hbond substituents is 1. The van der Waals surface area contributed by atoms with E-state index in [1.54, 1.807) is 18.3 Å². The van der Waals surface area contributed by atoms with E-state index in [1.807, 2.05) is 23.9 Å². The topological polar surface area (TPSA) is 104 Å². The molecule has 0 aliphatic carbocycles. The van der Waals surface area contributed by atoms with Crippen LogP contribution in [0.4, 0.5) is 0 Å². The van der Waals surface area contributed by atoms with Crippen LogP contribution < -0.4 is 16.0 Å². The summed E-state index contributed by atoms with van der Waals surface area (Å²) in [6, 6.07) is 16.6. The summed E-state index contributed by atoms with van der Waals surface area (Å²) in [7, 11) is 0. The summed E-state index contributed by atoms with van der Waals surface area (Å²) in [6.45, 7) is 4.68. The molecule has 0 atom stereocenters. The predicted octanol–water partition coefficient (Wildman–Crippen LogP) is 2.50. The molecule has 32 heavy (non-hydrogen) atoms. The van der Waals surface area contributed by atoms with Gasteiger partial charge in [-0.1, -0.05) is 18.2 Å². The van der Waals surface area contributed by atoms with Gasteiger partial charge in [0.25, 0.3) is 5.91 Å². The van der Waals surface area contributed by atoms with E-state index in [2.05, 4.69) is 50.3 Å². The van der Waals surface area contributed by atoms with E-state index < -0.39 is 0 Å². The van der Waals surface area contributed by atoms with E-state index >= 15 is 0 Å². The first-order chi connectivity index (χ1) is 15.7. The Morgan fingerprint density at radius 1 is 1.06 bits per heavy atom. The fourth-order valence-electron chi connectivity index (χ4n) is 3.12. The second-order valence-electron chi connectivity index (χ2n) is 7.21. The van der Waals surface area contributed by atoms with Crippen LogP contribution in [-0.2, 0) is 6.42 Å². The van der Waals surface area contributed by atoms with E-state index in [9.17, 15) is 9.90 Å². The van der Waals surface area contributed by atoms with Gasteiger partial charge in [0, 0.05) is 44.1 Å². The van der Waals surface area contributed by atoms with Crippen molar-refractivity contribution in [1.29, 1.82) is 0 Å². The molecule has 168 valence electrons. The van der Waals surface area contributed by atoms with Crippen LogP contribution in [0.15, 0.2) is 72.0 Å². The quantitative estimate of drug-likeness (QED) is 0.223. The summed E-state index contributed by atoms with van der Waals surface area (Å²) >= 11 is 0. The molecule has 1 heterocycles. The number of phenols is 1. The van der Waals surface area contributed by atoms with E-state index in [1.165, 1.54) is 17.7 Å². The van der Waals surface area contributed by atoms with E-state index in [-0.39, 0.29) is 11.7 Å². The smallest absolute Gasteiger partial charge is 0.251 e. The van der Waals surface area contributed by atoms with Crippen molar-refractivity contribution >= 4 is 11.9 Å². The molecule has 0 radical (unpaired) electrons. The van der Waals surface area contributed by atoms with Crippen molar-refractivity contribution < 1.29 is 9.90 Å². The minimum absolute atomic E-state index is 0.0810. The van der Waals surface area contributed by atoms with Gasteiger partial charge in [0.05, 0.1) is 5.69 Å². The zero-order valence-corrected chi connectivity index (χ0v) is 18.3. The Kier molecular flexibility index (Phi) is 8.68. The van der Waals surface area contributed by atoms with Crippen molar-refractivity contribution in [3.05, 3.63) is 78.1 Å². The maximum atomic E-state index is 12.1. The van der Waals surface area contributed by atoms with Gasteiger partial charge in [0.15, 0.2) is 5.96 Å². The summed E-state index contributed by atoms with van der Waals surface area (Å²) < 4.78 is 1.84. The van der Waals surface area contributed by atoms with Crippen molar-refractivity contribution in [2.24, 2.45) is 4.99 Å². The molecule has 0 spiro atoms. The fourth-order valence-corrected chi connectivity index (χ4v) is 3.12. The number of aliphatic imine (C=N–C) groups is 1. The van der Waals surface area contributed by atoms with Crippen molar-refractivity contribution in [2.75, 3.05) is 26.2 Å². The van der Waals surface area contributed by atoms with Gasteiger partial charge in [-0.3, -0.25) is 9.79 Å². The van der Waals surface area contributed by atoms with Crippen molar-refractivity contribution in [2.45, 2.75) is 19.8 Å². The third kappa shape index (κ3) is 7.16. The molecule has 1 aromatic heterocycles. The minimum Gasteiger partial charge on any atom is -0.508 e. The first kappa shape index (κ1) is 22.9. The minimum atomic E-state index is -0.200. The highest BCUT2D eigenvalue weighted by Crippen LogP contribution is 2.10. The van der Waals surface area contributed by atoms with Crippen molar-refractivity contribution in [1.82, 2.24) is 25.7 Å². The van der Waals surface area contributed by atoms with Crippen molar-refractivity contribution in [3.63, 3.8) is 0 Å². The van der Waals surface area contributed by atoms with Crippen molar-refractivity contribution in [3.8, 4) is 11.4 Å². The maximum absolute atomic E-state index is 12.1. The highest BCUT2D eigenvalue weighted by molar-refractivity contribution is 5.94. The van der Waals surface area contributed by atoms with Gasteiger partial charge >= 0.3 is 0 Å². The number of guanidine groups is 1. The van der Waals surface area contributed by atoms with Gasteiger partial charge in [-0.2, -0.15) is 5.10 Å². The molecule has 1 amide bonds. The van der Waals surface area contributed by atoms with Crippen LogP contribution in [0.3, 0.4) is 0 Å². The van der Waals surface area contributed by atoms with E-state index in [0.717, 1.165) is 37.6 Å². The second-order valence-corrected chi connectivity index (χ2v) is 7.21. The summed E-state index contributed by atoms with van der Waals surface area (Å²) in [6.07, 6.45) is 5.29. The Balaban J connectivity index is 1.38. The molecule has 0 unspecified atom stereocenters. The number of nitrogens with zero attached hydrogens (tertiary/aromatic N) is 3. The van der Waals surface area contributed by atoms with Gasteiger partial charge in [0.2, 0.25) is 0 Å². The predicted molar refractivity (Wildman–Crippen MR) is 126 cm³/mol. The molecule has 8 heteroatoms. The number of aromatic hydroxyl groups is 1. The monoisotopic (exact) mass is 434 g/mol. The maximum Gasteiger partial charge on any atom is 0.251 e. The molecule has 0 saturated carbocycles. The molecule has 4 N–H and O–H groups in total. The molecule has 2 aromatic carbocycles. The Morgan fingerprint density at radius 3 is 2.62 bits per heavy atom. The third-order valence-electron chi connectivity index (χ3n) is 4.75. The van der Waals surface area contributed by atoms with Gasteiger partial charge in [-0.15, -0.1) is 0 Å². The number of amides is 1. The average Bonchev–Trinajstić information content (AvgIpc) is 3.34. The second kappa shape index (κ2) is 12.1. The first-order valence-electron chi connectivity index (χ1n) is 10.8. The number of carbonyl (C=O) groups excluding carboxylic acids is 1. The number of nitrogens with one attached hydrogen (secondary N) is 3. The Bertz CT molecular complexity index is 1000. The molecule has 0 aliphatic rings. The number of carbonyl (C=O) groups is 1. The molecular weight excluding hydrogens is 404 g/mol.